The second-order valence-corrected chi connectivity index (χ2v) is 8.37. The molecular weight excluding hydrogens is 400 g/mol. The molecule has 0 saturated heterocycles. The summed E-state index contributed by atoms with van der Waals surface area (Å²) in [6.07, 6.45) is 4.63. The molecule has 5 nitrogen and oxygen atoms in total. The van der Waals surface area contributed by atoms with Gasteiger partial charge in [-0.2, -0.15) is 0 Å². The zero-order valence-electron chi connectivity index (χ0n) is 17.2. The largest absolute Gasteiger partial charge is 0.496 e. The van der Waals surface area contributed by atoms with E-state index in [-0.39, 0.29) is 17.9 Å². The fraction of sp³-hybridized carbons (Fsp3) is 0.417. The maximum absolute atomic E-state index is 13.3. The highest BCUT2D eigenvalue weighted by atomic mass is 35.5. The number of hydrogen-bond acceptors (Lipinski definition) is 4. The number of halogens is 1. The average Bonchev–Trinajstić information content (AvgIpc) is 3.46. The molecular formula is C24H27ClN2O3. The van der Waals surface area contributed by atoms with Crippen LogP contribution in [0.1, 0.15) is 43.2 Å². The molecule has 0 bridgehead atoms. The van der Waals surface area contributed by atoms with Gasteiger partial charge >= 0.3 is 0 Å². The van der Waals surface area contributed by atoms with Crippen LogP contribution in [0.4, 0.5) is 0 Å². The molecule has 1 aliphatic heterocycles. The van der Waals surface area contributed by atoms with Crippen LogP contribution in [-0.4, -0.2) is 36.3 Å². The van der Waals surface area contributed by atoms with E-state index in [4.69, 9.17) is 21.2 Å². The van der Waals surface area contributed by atoms with E-state index in [0.717, 1.165) is 48.3 Å². The predicted molar refractivity (Wildman–Crippen MR) is 118 cm³/mol. The van der Waals surface area contributed by atoms with Gasteiger partial charge in [0.15, 0.2) is 6.10 Å². The van der Waals surface area contributed by atoms with Crippen molar-refractivity contribution in [3.63, 3.8) is 0 Å². The molecule has 158 valence electrons. The first-order valence-corrected chi connectivity index (χ1v) is 10.9. The van der Waals surface area contributed by atoms with Gasteiger partial charge in [0, 0.05) is 29.5 Å². The van der Waals surface area contributed by atoms with Crippen molar-refractivity contribution in [3.8, 4) is 5.75 Å². The fourth-order valence-corrected chi connectivity index (χ4v) is 4.51. The lowest BCUT2D eigenvalue weighted by molar-refractivity contribution is -0.137. The van der Waals surface area contributed by atoms with Crippen LogP contribution in [0.5, 0.6) is 5.75 Å². The minimum absolute atomic E-state index is 0.100. The summed E-state index contributed by atoms with van der Waals surface area (Å²) in [6, 6.07) is 15.5. The van der Waals surface area contributed by atoms with Crippen LogP contribution < -0.4 is 4.74 Å². The topological polar surface area (TPSA) is 51.1 Å². The van der Waals surface area contributed by atoms with Gasteiger partial charge in [0.1, 0.15) is 5.75 Å². The summed E-state index contributed by atoms with van der Waals surface area (Å²) in [6.45, 7) is 0.974. The van der Waals surface area contributed by atoms with Crippen LogP contribution in [0.3, 0.4) is 0 Å². The van der Waals surface area contributed by atoms with Crippen molar-refractivity contribution < 1.29 is 14.4 Å². The minimum Gasteiger partial charge on any atom is -0.496 e. The lowest BCUT2D eigenvalue weighted by atomic mass is 10.0. The molecule has 1 aliphatic carbocycles. The van der Waals surface area contributed by atoms with Gasteiger partial charge < -0.3 is 14.5 Å². The molecule has 1 saturated carbocycles. The summed E-state index contributed by atoms with van der Waals surface area (Å²) >= 11 is 6.38. The molecule has 2 aromatic rings. The average molecular weight is 427 g/mol. The Bertz CT molecular complexity index is 924. The third kappa shape index (κ3) is 4.62. The zero-order valence-corrected chi connectivity index (χ0v) is 18.0. The molecule has 0 N–H and O–H groups in total. The molecule has 0 aromatic heterocycles. The highest BCUT2D eigenvalue weighted by Crippen LogP contribution is 2.30. The molecule has 1 heterocycles. The Hall–Kier alpha value is -2.53. The number of nitrogens with zero attached hydrogens (tertiary/aromatic N) is 2. The summed E-state index contributed by atoms with van der Waals surface area (Å²) in [7, 11) is 1.65. The molecule has 1 amide bonds. The van der Waals surface area contributed by atoms with Gasteiger partial charge in [-0.15, -0.1) is 0 Å². The van der Waals surface area contributed by atoms with E-state index < -0.39 is 0 Å². The first kappa shape index (κ1) is 20.7. The van der Waals surface area contributed by atoms with Crippen LogP contribution in [0, 0.1) is 5.92 Å². The Morgan fingerprint density at radius 1 is 1.17 bits per heavy atom. The SMILES string of the molecule is COc1ccccc1C1=NO[C@@H](CN(Cc2ccccc2Cl)C(=O)C2CCCC2)C1. The van der Waals surface area contributed by atoms with Crippen LogP contribution in [0.25, 0.3) is 0 Å². The highest BCUT2D eigenvalue weighted by molar-refractivity contribution is 6.31. The number of hydrogen-bond donors (Lipinski definition) is 0. The fourth-order valence-electron chi connectivity index (χ4n) is 4.31. The molecule has 0 unspecified atom stereocenters. The number of carbonyl (C=O) groups excluding carboxylic acids is 1. The van der Waals surface area contributed by atoms with E-state index in [1.165, 1.54) is 0 Å². The van der Waals surface area contributed by atoms with Crippen LogP contribution >= 0.6 is 11.6 Å². The number of oxime groups is 1. The van der Waals surface area contributed by atoms with E-state index >= 15 is 0 Å². The summed E-state index contributed by atoms with van der Waals surface area (Å²) < 4.78 is 5.46. The lowest BCUT2D eigenvalue weighted by Crippen LogP contribution is -2.40. The van der Waals surface area contributed by atoms with Gasteiger partial charge in [0.05, 0.1) is 19.4 Å². The quantitative estimate of drug-likeness (QED) is 0.621. The van der Waals surface area contributed by atoms with Crippen molar-refractivity contribution in [1.29, 1.82) is 0 Å². The Kier molecular flexibility index (Phi) is 6.58. The van der Waals surface area contributed by atoms with Gasteiger partial charge in [0.25, 0.3) is 0 Å². The van der Waals surface area contributed by atoms with Crippen molar-refractivity contribution in [2.24, 2.45) is 11.1 Å². The standard InChI is InChI=1S/C24H27ClN2O3/c1-29-23-13-7-5-11-20(23)22-14-19(30-26-22)16-27(24(28)17-8-2-3-9-17)15-18-10-4-6-12-21(18)25/h4-7,10-13,17,19H,2-3,8-9,14-16H2,1H3/t19-/m1/s1. The van der Waals surface area contributed by atoms with Crippen molar-refractivity contribution >= 4 is 23.2 Å². The normalized spacial score (nSPS) is 18.7. The van der Waals surface area contributed by atoms with Crippen molar-refractivity contribution in [1.82, 2.24) is 4.90 Å². The third-order valence-electron chi connectivity index (χ3n) is 5.91. The summed E-state index contributed by atoms with van der Waals surface area (Å²) in [5, 5.41) is 4.98. The predicted octanol–water partition coefficient (Wildman–Crippen LogP) is 5.06. The number of carbonyl (C=O) groups is 1. The highest BCUT2D eigenvalue weighted by Gasteiger charge is 2.32. The lowest BCUT2D eigenvalue weighted by Gasteiger charge is -2.28. The number of rotatable bonds is 7. The molecule has 1 atom stereocenters. The monoisotopic (exact) mass is 426 g/mol. The maximum Gasteiger partial charge on any atom is 0.226 e. The van der Waals surface area contributed by atoms with Crippen LogP contribution in [-0.2, 0) is 16.2 Å². The van der Waals surface area contributed by atoms with Crippen molar-refractivity contribution in [2.75, 3.05) is 13.7 Å². The van der Waals surface area contributed by atoms with E-state index in [2.05, 4.69) is 5.16 Å². The van der Waals surface area contributed by atoms with Gasteiger partial charge in [-0.05, 0) is 36.6 Å². The van der Waals surface area contributed by atoms with Crippen molar-refractivity contribution in [2.45, 2.75) is 44.8 Å². The number of benzene rings is 2. The van der Waals surface area contributed by atoms with Crippen LogP contribution in [0.2, 0.25) is 5.02 Å². The summed E-state index contributed by atoms with van der Waals surface area (Å²) in [5.41, 5.74) is 2.74. The summed E-state index contributed by atoms with van der Waals surface area (Å²) in [5.74, 6) is 1.07. The van der Waals surface area contributed by atoms with Gasteiger partial charge in [0.2, 0.25) is 5.91 Å². The van der Waals surface area contributed by atoms with Crippen LogP contribution in [0.15, 0.2) is 53.7 Å². The smallest absolute Gasteiger partial charge is 0.226 e. The molecule has 30 heavy (non-hydrogen) atoms. The molecule has 6 heteroatoms. The van der Waals surface area contributed by atoms with E-state index in [1.807, 2.05) is 53.4 Å². The molecule has 1 fully saturated rings. The van der Waals surface area contributed by atoms with Gasteiger partial charge in [-0.1, -0.05) is 59.9 Å². The molecule has 2 aromatic carbocycles. The Labute approximate surface area is 182 Å². The second-order valence-electron chi connectivity index (χ2n) is 7.96. The van der Waals surface area contributed by atoms with Gasteiger partial charge in [-0.3, -0.25) is 4.79 Å². The maximum atomic E-state index is 13.3. The number of para-hydroxylation sites is 1. The molecule has 0 spiro atoms. The molecule has 2 aliphatic rings. The first-order chi connectivity index (χ1) is 14.7. The van der Waals surface area contributed by atoms with Gasteiger partial charge in [-0.25, -0.2) is 0 Å². The van der Waals surface area contributed by atoms with E-state index in [9.17, 15) is 4.79 Å². The molecule has 0 radical (unpaired) electrons. The Morgan fingerprint density at radius 2 is 1.90 bits per heavy atom. The van der Waals surface area contributed by atoms with Crippen molar-refractivity contribution in [3.05, 3.63) is 64.7 Å². The second kappa shape index (κ2) is 9.52. The number of ether oxygens (including phenoxy) is 1. The van der Waals surface area contributed by atoms with E-state index in [0.29, 0.717) is 24.5 Å². The summed E-state index contributed by atoms with van der Waals surface area (Å²) in [4.78, 5) is 20.9. The number of methoxy groups -OCH3 is 1. The Morgan fingerprint density at radius 3 is 2.67 bits per heavy atom. The molecule has 4 rings (SSSR count). The third-order valence-corrected chi connectivity index (χ3v) is 6.28. The van der Waals surface area contributed by atoms with E-state index in [1.54, 1.807) is 7.11 Å². The Balaban J connectivity index is 1.48. The first-order valence-electron chi connectivity index (χ1n) is 10.5. The number of amides is 1. The zero-order chi connectivity index (χ0) is 20.9. The minimum atomic E-state index is -0.183.